The van der Waals surface area contributed by atoms with Gasteiger partial charge in [-0.15, -0.1) is 11.3 Å². The van der Waals surface area contributed by atoms with Gasteiger partial charge in [0.2, 0.25) is 5.91 Å². The topological polar surface area (TPSA) is 94.6 Å². The van der Waals surface area contributed by atoms with Gasteiger partial charge in [0.15, 0.2) is 0 Å². The second-order valence-corrected chi connectivity index (χ2v) is 9.71. The van der Waals surface area contributed by atoms with E-state index >= 15 is 0 Å². The second-order valence-electron chi connectivity index (χ2n) is 8.65. The van der Waals surface area contributed by atoms with Crippen LogP contribution in [0.3, 0.4) is 0 Å². The minimum Gasteiger partial charge on any atom is -0.366 e. The fraction of sp³-hybridized carbons (Fsp3) is 0.545. The molecule has 9 heteroatoms. The van der Waals surface area contributed by atoms with Crippen LogP contribution in [0.25, 0.3) is 6.08 Å². The van der Waals surface area contributed by atoms with Gasteiger partial charge in [0, 0.05) is 42.7 Å². The SMILES string of the molecule is C=C(/C=C\c1ncsc1C)N1CCN(C(=O)CCC2(C3CC3)NC(=O)NC2=O)C[C@@H]1C. The number of imide groups is 1. The maximum Gasteiger partial charge on any atom is 0.322 e. The van der Waals surface area contributed by atoms with Gasteiger partial charge in [-0.25, -0.2) is 9.78 Å². The number of piperazine rings is 1. The monoisotopic (exact) mass is 443 g/mol. The molecule has 31 heavy (non-hydrogen) atoms. The maximum absolute atomic E-state index is 12.9. The van der Waals surface area contributed by atoms with Crippen molar-refractivity contribution in [2.75, 3.05) is 19.6 Å². The molecule has 4 rings (SSSR count). The number of carbonyl (C=O) groups excluding carboxylic acids is 3. The third-order valence-corrected chi connectivity index (χ3v) is 7.31. The maximum atomic E-state index is 12.9. The summed E-state index contributed by atoms with van der Waals surface area (Å²) in [6.07, 6.45) is 6.39. The third kappa shape index (κ3) is 4.37. The average Bonchev–Trinajstić information content (AvgIpc) is 3.44. The lowest BCUT2D eigenvalue weighted by Crippen LogP contribution is -2.54. The first-order valence-electron chi connectivity index (χ1n) is 10.8. The van der Waals surface area contributed by atoms with Crippen LogP contribution in [-0.2, 0) is 9.59 Å². The first kappa shape index (κ1) is 21.5. The first-order chi connectivity index (χ1) is 14.8. The molecular formula is C22H29N5O3S. The highest BCUT2D eigenvalue weighted by molar-refractivity contribution is 7.09. The Labute approximate surface area is 186 Å². The fourth-order valence-electron chi connectivity index (χ4n) is 4.57. The van der Waals surface area contributed by atoms with Gasteiger partial charge >= 0.3 is 6.03 Å². The summed E-state index contributed by atoms with van der Waals surface area (Å²) in [5.41, 5.74) is 2.79. The Kier molecular flexibility index (Phi) is 5.88. The number of thiazole rings is 1. The predicted octanol–water partition coefficient (Wildman–Crippen LogP) is 2.28. The summed E-state index contributed by atoms with van der Waals surface area (Å²) in [6.45, 7) is 10.2. The van der Waals surface area contributed by atoms with Crippen LogP contribution in [0.15, 0.2) is 23.9 Å². The van der Waals surface area contributed by atoms with Crippen LogP contribution in [0.5, 0.6) is 0 Å². The molecule has 1 aromatic heterocycles. The highest BCUT2D eigenvalue weighted by atomic mass is 32.1. The van der Waals surface area contributed by atoms with Crippen molar-refractivity contribution in [3.05, 3.63) is 34.4 Å². The molecule has 0 spiro atoms. The summed E-state index contributed by atoms with van der Waals surface area (Å²) in [5, 5.41) is 5.14. The first-order valence-corrected chi connectivity index (χ1v) is 11.6. The zero-order chi connectivity index (χ0) is 22.2. The van der Waals surface area contributed by atoms with E-state index in [9.17, 15) is 14.4 Å². The standard InChI is InChI=1S/C22H29N5O3S/c1-14(4-7-18-16(3)31-13-23-18)27-11-10-26(12-15(27)2)19(28)8-9-22(17-5-6-17)20(29)24-21(30)25-22/h4,7,13,15,17H,1,5-6,8-12H2,2-3H3,(H2,24,25,29,30)/b7-4-/t15-,22?/m0/s1. The zero-order valence-electron chi connectivity index (χ0n) is 18.0. The van der Waals surface area contributed by atoms with E-state index in [1.54, 1.807) is 11.3 Å². The summed E-state index contributed by atoms with van der Waals surface area (Å²) < 4.78 is 0. The average molecular weight is 444 g/mol. The summed E-state index contributed by atoms with van der Waals surface area (Å²) in [6, 6.07) is -0.316. The molecule has 2 atom stereocenters. The molecule has 2 N–H and O–H groups in total. The number of aromatic nitrogens is 1. The smallest absolute Gasteiger partial charge is 0.322 e. The number of aryl methyl sites for hydroxylation is 1. The molecule has 8 nitrogen and oxygen atoms in total. The zero-order valence-corrected chi connectivity index (χ0v) is 18.8. The molecule has 0 radical (unpaired) electrons. The minimum absolute atomic E-state index is 0.0275. The molecule has 3 aliphatic rings. The highest BCUT2D eigenvalue weighted by Gasteiger charge is 2.55. The van der Waals surface area contributed by atoms with Gasteiger partial charge in [0.05, 0.1) is 11.2 Å². The molecule has 2 aliphatic heterocycles. The van der Waals surface area contributed by atoms with Crippen LogP contribution in [0.4, 0.5) is 4.79 Å². The van der Waals surface area contributed by atoms with Gasteiger partial charge in [-0.05, 0) is 51.2 Å². The predicted molar refractivity (Wildman–Crippen MR) is 119 cm³/mol. The van der Waals surface area contributed by atoms with Crippen molar-refractivity contribution in [1.29, 1.82) is 0 Å². The lowest BCUT2D eigenvalue weighted by Gasteiger charge is -2.41. The van der Waals surface area contributed by atoms with E-state index in [0.717, 1.165) is 24.2 Å². The van der Waals surface area contributed by atoms with Crippen molar-refractivity contribution in [2.45, 2.75) is 51.1 Å². The summed E-state index contributed by atoms with van der Waals surface area (Å²) >= 11 is 1.62. The number of rotatable bonds is 7. The molecule has 0 bridgehead atoms. The van der Waals surface area contributed by atoms with Crippen LogP contribution in [0.2, 0.25) is 0 Å². The third-order valence-electron chi connectivity index (χ3n) is 6.54. The van der Waals surface area contributed by atoms with E-state index < -0.39 is 11.6 Å². The molecule has 1 saturated carbocycles. The van der Waals surface area contributed by atoms with Crippen molar-refractivity contribution in [3.8, 4) is 0 Å². The summed E-state index contributed by atoms with van der Waals surface area (Å²) in [7, 11) is 0. The van der Waals surface area contributed by atoms with E-state index in [-0.39, 0.29) is 30.2 Å². The number of nitrogens with zero attached hydrogens (tertiary/aromatic N) is 3. The number of carbonyl (C=O) groups is 3. The van der Waals surface area contributed by atoms with Crippen molar-refractivity contribution in [1.82, 2.24) is 25.4 Å². The quantitative estimate of drug-likeness (QED) is 0.498. The summed E-state index contributed by atoms with van der Waals surface area (Å²) in [4.78, 5) is 46.5. The van der Waals surface area contributed by atoms with Gasteiger partial charge in [-0.3, -0.25) is 14.9 Å². The Bertz CT molecular complexity index is 937. The van der Waals surface area contributed by atoms with E-state index in [2.05, 4.69) is 34.0 Å². The highest BCUT2D eigenvalue weighted by Crippen LogP contribution is 2.43. The van der Waals surface area contributed by atoms with Gasteiger partial charge < -0.3 is 15.1 Å². The second kappa shape index (κ2) is 8.45. The number of allylic oxidation sites excluding steroid dienone is 1. The molecule has 1 aromatic rings. The van der Waals surface area contributed by atoms with Crippen molar-refractivity contribution in [2.24, 2.45) is 5.92 Å². The summed E-state index contributed by atoms with van der Waals surface area (Å²) in [5.74, 6) is -0.122. The van der Waals surface area contributed by atoms with E-state index in [1.807, 2.05) is 29.5 Å². The molecule has 166 valence electrons. The largest absolute Gasteiger partial charge is 0.366 e. The van der Waals surface area contributed by atoms with Crippen LogP contribution >= 0.6 is 11.3 Å². The van der Waals surface area contributed by atoms with Gasteiger partial charge in [0.25, 0.3) is 5.91 Å². The van der Waals surface area contributed by atoms with Crippen LogP contribution in [0, 0.1) is 12.8 Å². The normalized spacial score (nSPS) is 26.3. The van der Waals surface area contributed by atoms with Gasteiger partial charge in [-0.2, -0.15) is 0 Å². The molecule has 0 aromatic carbocycles. The van der Waals surface area contributed by atoms with Crippen molar-refractivity contribution in [3.63, 3.8) is 0 Å². The molecule has 3 heterocycles. The Balaban J connectivity index is 1.31. The Morgan fingerprint density at radius 1 is 1.39 bits per heavy atom. The molecule has 2 saturated heterocycles. The van der Waals surface area contributed by atoms with E-state index in [1.165, 1.54) is 4.88 Å². The number of nitrogens with one attached hydrogen (secondary N) is 2. The Morgan fingerprint density at radius 3 is 2.74 bits per heavy atom. The Morgan fingerprint density at radius 2 is 2.16 bits per heavy atom. The van der Waals surface area contributed by atoms with Crippen LogP contribution in [-0.4, -0.2) is 63.8 Å². The Hall–Kier alpha value is -2.68. The lowest BCUT2D eigenvalue weighted by atomic mass is 9.87. The molecule has 4 amide bonds. The van der Waals surface area contributed by atoms with Crippen molar-refractivity contribution >= 4 is 35.3 Å². The van der Waals surface area contributed by atoms with Crippen LogP contribution < -0.4 is 10.6 Å². The molecule has 1 unspecified atom stereocenters. The van der Waals surface area contributed by atoms with Crippen LogP contribution in [0.1, 0.15) is 43.2 Å². The van der Waals surface area contributed by atoms with Crippen molar-refractivity contribution < 1.29 is 14.4 Å². The number of amides is 4. The number of hydrogen-bond donors (Lipinski definition) is 2. The van der Waals surface area contributed by atoms with Gasteiger partial charge in [-0.1, -0.05) is 6.58 Å². The molecule has 3 fully saturated rings. The van der Waals surface area contributed by atoms with E-state index in [0.29, 0.717) is 26.1 Å². The van der Waals surface area contributed by atoms with Gasteiger partial charge in [0.1, 0.15) is 5.54 Å². The number of hydrogen-bond acceptors (Lipinski definition) is 6. The fourth-order valence-corrected chi connectivity index (χ4v) is 5.13. The number of urea groups is 1. The van der Waals surface area contributed by atoms with E-state index in [4.69, 9.17) is 0 Å². The molecular weight excluding hydrogens is 414 g/mol. The molecule has 1 aliphatic carbocycles. The lowest BCUT2D eigenvalue weighted by molar-refractivity contribution is -0.134. The minimum atomic E-state index is -0.910.